The fraction of sp³-hybridized carbons (Fsp3) is 0.200. The predicted octanol–water partition coefficient (Wildman–Crippen LogP) is 3.57. The van der Waals surface area contributed by atoms with Crippen LogP contribution in [0.2, 0.25) is 0 Å². The molecule has 0 aliphatic carbocycles. The first-order valence-corrected chi connectivity index (χ1v) is 5.94. The smallest absolute Gasteiger partial charge is 0.126 e. The van der Waals surface area contributed by atoms with E-state index in [9.17, 15) is 9.50 Å². The number of hydrogen-bond acceptors (Lipinski definition) is 2. The summed E-state index contributed by atoms with van der Waals surface area (Å²) in [6.45, 7) is 1.98. The lowest BCUT2D eigenvalue weighted by molar-refractivity contribution is 0.475. The van der Waals surface area contributed by atoms with E-state index < -0.39 is 0 Å². The van der Waals surface area contributed by atoms with Crippen LogP contribution in [0.3, 0.4) is 0 Å². The van der Waals surface area contributed by atoms with Crippen molar-refractivity contribution in [2.45, 2.75) is 19.4 Å². The van der Waals surface area contributed by atoms with E-state index in [4.69, 9.17) is 0 Å². The van der Waals surface area contributed by atoms with Gasteiger partial charge in [-0.3, -0.25) is 0 Å². The van der Waals surface area contributed by atoms with Crippen LogP contribution in [0.5, 0.6) is 5.75 Å². The molecule has 0 spiro atoms. The third-order valence-electron chi connectivity index (χ3n) is 2.74. The summed E-state index contributed by atoms with van der Waals surface area (Å²) in [6.07, 6.45) is 0.600. The quantitative estimate of drug-likeness (QED) is 0.863. The molecule has 2 nitrogen and oxygen atoms in total. The van der Waals surface area contributed by atoms with Crippen LogP contribution < -0.4 is 5.32 Å². The van der Waals surface area contributed by atoms with Gasteiger partial charge in [-0.2, -0.15) is 0 Å². The van der Waals surface area contributed by atoms with Gasteiger partial charge in [0.05, 0.1) is 0 Å². The molecule has 0 fully saturated rings. The molecular weight excluding hydrogens is 229 g/mol. The molecule has 0 aromatic heterocycles. The highest BCUT2D eigenvalue weighted by Gasteiger charge is 2.07. The Balaban J connectivity index is 2.01. The van der Waals surface area contributed by atoms with Gasteiger partial charge in [0.2, 0.25) is 0 Å². The average molecular weight is 245 g/mol. The van der Waals surface area contributed by atoms with Gasteiger partial charge in [0.15, 0.2) is 0 Å². The Bertz CT molecular complexity index is 527. The van der Waals surface area contributed by atoms with Gasteiger partial charge in [0, 0.05) is 17.8 Å². The van der Waals surface area contributed by atoms with Crippen molar-refractivity contribution >= 4 is 5.69 Å². The number of aromatic hydroxyl groups is 1. The molecule has 2 rings (SSSR count). The molecule has 94 valence electrons. The predicted molar refractivity (Wildman–Crippen MR) is 71.3 cm³/mol. The van der Waals surface area contributed by atoms with Crippen molar-refractivity contribution in [3.05, 3.63) is 59.9 Å². The molecule has 0 amide bonds. The normalized spacial score (nSPS) is 12.1. The fourth-order valence-corrected chi connectivity index (χ4v) is 1.93. The fourth-order valence-electron chi connectivity index (χ4n) is 1.93. The number of rotatable bonds is 4. The van der Waals surface area contributed by atoms with Crippen molar-refractivity contribution < 1.29 is 9.50 Å². The maximum absolute atomic E-state index is 13.5. The molecule has 1 atom stereocenters. The SMILES string of the molecule is CC(Cc1ccccc1F)Nc1cccc(O)c1. The first-order chi connectivity index (χ1) is 8.65. The van der Waals surface area contributed by atoms with Gasteiger partial charge in [0.1, 0.15) is 11.6 Å². The molecule has 2 N–H and O–H groups in total. The number of hydrogen-bond donors (Lipinski definition) is 2. The summed E-state index contributed by atoms with van der Waals surface area (Å²) in [7, 11) is 0. The molecule has 0 bridgehead atoms. The number of anilines is 1. The monoisotopic (exact) mass is 245 g/mol. The van der Waals surface area contributed by atoms with Crippen LogP contribution in [0.1, 0.15) is 12.5 Å². The van der Waals surface area contributed by atoms with Crippen molar-refractivity contribution in [2.75, 3.05) is 5.32 Å². The lowest BCUT2D eigenvalue weighted by atomic mass is 10.1. The molecule has 18 heavy (non-hydrogen) atoms. The molecule has 2 aromatic carbocycles. The van der Waals surface area contributed by atoms with Gasteiger partial charge in [-0.25, -0.2) is 4.39 Å². The van der Waals surface area contributed by atoms with E-state index in [-0.39, 0.29) is 17.6 Å². The number of benzene rings is 2. The zero-order valence-electron chi connectivity index (χ0n) is 10.2. The first-order valence-electron chi connectivity index (χ1n) is 5.94. The Morgan fingerprint density at radius 1 is 1.17 bits per heavy atom. The zero-order chi connectivity index (χ0) is 13.0. The maximum Gasteiger partial charge on any atom is 0.126 e. The Kier molecular flexibility index (Phi) is 3.82. The Morgan fingerprint density at radius 2 is 1.94 bits per heavy atom. The van der Waals surface area contributed by atoms with E-state index in [0.717, 1.165) is 5.69 Å². The lowest BCUT2D eigenvalue weighted by Gasteiger charge is -2.15. The standard InChI is InChI=1S/C15H16FNO/c1-11(9-12-5-2-3-8-15(12)16)17-13-6-4-7-14(18)10-13/h2-8,10-11,17-18H,9H2,1H3. The molecular formula is C15H16FNO. The second-order valence-electron chi connectivity index (χ2n) is 4.39. The van der Waals surface area contributed by atoms with E-state index >= 15 is 0 Å². The second-order valence-corrected chi connectivity index (χ2v) is 4.39. The second kappa shape index (κ2) is 5.54. The summed E-state index contributed by atoms with van der Waals surface area (Å²) in [5.74, 6) is 0.0418. The third kappa shape index (κ3) is 3.23. The van der Waals surface area contributed by atoms with Crippen molar-refractivity contribution in [1.29, 1.82) is 0 Å². The number of nitrogens with one attached hydrogen (secondary N) is 1. The molecule has 0 saturated carbocycles. The molecule has 3 heteroatoms. The Labute approximate surface area is 106 Å². The minimum atomic E-state index is -0.179. The van der Waals surface area contributed by atoms with E-state index in [0.29, 0.717) is 12.0 Å². The minimum Gasteiger partial charge on any atom is -0.508 e. The van der Waals surface area contributed by atoms with Crippen LogP contribution in [0.15, 0.2) is 48.5 Å². The summed E-state index contributed by atoms with van der Waals surface area (Å²) in [5, 5.41) is 12.6. The first kappa shape index (κ1) is 12.4. The number of phenols is 1. The van der Waals surface area contributed by atoms with Crippen LogP contribution in [0.4, 0.5) is 10.1 Å². The van der Waals surface area contributed by atoms with Crippen LogP contribution >= 0.6 is 0 Å². The van der Waals surface area contributed by atoms with Gasteiger partial charge in [-0.1, -0.05) is 24.3 Å². The topological polar surface area (TPSA) is 32.3 Å². The highest BCUT2D eigenvalue weighted by molar-refractivity contribution is 5.48. The highest BCUT2D eigenvalue weighted by Crippen LogP contribution is 2.17. The van der Waals surface area contributed by atoms with Crippen LogP contribution in [0.25, 0.3) is 0 Å². The van der Waals surface area contributed by atoms with Crippen molar-refractivity contribution in [3.63, 3.8) is 0 Å². The van der Waals surface area contributed by atoms with E-state index in [1.807, 2.05) is 19.1 Å². The van der Waals surface area contributed by atoms with Crippen LogP contribution in [-0.4, -0.2) is 11.1 Å². The summed E-state index contributed by atoms with van der Waals surface area (Å²) in [4.78, 5) is 0. The molecule has 0 radical (unpaired) electrons. The summed E-state index contributed by atoms with van der Waals surface area (Å²) < 4.78 is 13.5. The van der Waals surface area contributed by atoms with Crippen LogP contribution in [-0.2, 0) is 6.42 Å². The third-order valence-corrected chi connectivity index (χ3v) is 2.74. The van der Waals surface area contributed by atoms with Gasteiger partial charge in [-0.15, -0.1) is 0 Å². The van der Waals surface area contributed by atoms with E-state index in [1.54, 1.807) is 30.3 Å². The number of phenolic OH excluding ortho intramolecular Hbond substituents is 1. The largest absolute Gasteiger partial charge is 0.508 e. The summed E-state index contributed by atoms with van der Waals surface area (Å²) in [5.41, 5.74) is 1.52. The Hall–Kier alpha value is -2.03. The van der Waals surface area contributed by atoms with E-state index in [1.165, 1.54) is 6.07 Å². The van der Waals surface area contributed by atoms with Gasteiger partial charge < -0.3 is 10.4 Å². The summed E-state index contributed by atoms with van der Waals surface area (Å²) in [6, 6.07) is 13.8. The lowest BCUT2D eigenvalue weighted by Crippen LogP contribution is -2.18. The molecule has 0 heterocycles. The molecule has 1 unspecified atom stereocenters. The van der Waals surface area contributed by atoms with Crippen molar-refractivity contribution in [3.8, 4) is 5.75 Å². The van der Waals surface area contributed by atoms with Gasteiger partial charge >= 0.3 is 0 Å². The van der Waals surface area contributed by atoms with Gasteiger partial charge in [-0.05, 0) is 37.1 Å². The highest BCUT2D eigenvalue weighted by atomic mass is 19.1. The molecule has 0 aliphatic rings. The number of halogens is 1. The zero-order valence-corrected chi connectivity index (χ0v) is 10.2. The average Bonchev–Trinajstić information content (AvgIpc) is 2.32. The van der Waals surface area contributed by atoms with Crippen LogP contribution in [0, 0.1) is 5.82 Å². The minimum absolute atomic E-state index is 0.0868. The van der Waals surface area contributed by atoms with Crippen molar-refractivity contribution in [2.24, 2.45) is 0 Å². The van der Waals surface area contributed by atoms with Crippen molar-refractivity contribution in [1.82, 2.24) is 0 Å². The van der Waals surface area contributed by atoms with E-state index in [2.05, 4.69) is 5.32 Å². The van der Waals surface area contributed by atoms with Gasteiger partial charge in [0.25, 0.3) is 0 Å². The molecule has 0 aliphatic heterocycles. The Morgan fingerprint density at radius 3 is 2.67 bits per heavy atom. The molecule has 0 saturated heterocycles. The maximum atomic E-state index is 13.5. The summed E-state index contributed by atoms with van der Waals surface area (Å²) >= 11 is 0. The molecule has 2 aromatic rings.